The van der Waals surface area contributed by atoms with Crippen molar-refractivity contribution in [3.8, 4) is 0 Å². The van der Waals surface area contributed by atoms with Crippen LogP contribution in [0.25, 0.3) is 0 Å². The minimum Gasteiger partial charge on any atom is -0.372 e. The minimum atomic E-state index is -4.28. The molecule has 2 N–H and O–H groups in total. The standard InChI is InChI=1S/C13H18F3N3O/c14-13(15,16)8-20-4-3-12-18-7-10-5-9(6-17)1-2-11(10)19-12/h7,9H,1-6,8,17H2. The summed E-state index contributed by atoms with van der Waals surface area (Å²) in [6.45, 7) is -0.591. The van der Waals surface area contributed by atoms with E-state index in [4.69, 9.17) is 5.73 Å². The molecule has 0 amide bonds. The number of nitrogens with two attached hydrogens (primary N) is 1. The zero-order valence-electron chi connectivity index (χ0n) is 11.1. The Kier molecular flexibility index (Phi) is 4.93. The third-order valence-corrected chi connectivity index (χ3v) is 3.37. The first-order chi connectivity index (χ1) is 9.48. The molecule has 1 aromatic rings. The predicted molar refractivity (Wildman–Crippen MR) is 67.2 cm³/mol. The van der Waals surface area contributed by atoms with E-state index in [0.29, 0.717) is 24.7 Å². The average molecular weight is 289 g/mol. The van der Waals surface area contributed by atoms with Crippen molar-refractivity contribution >= 4 is 0 Å². The first-order valence-electron chi connectivity index (χ1n) is 6.66. The van der Waals surface area contributed by atoms with Crippen molar-refractivity contribution in [3.05, 3.63) is 23.3 Å². The van der Waals surface area contributed by atoms with Crippen molar-refractivity contribution in [1.82, 2.24) is 9.97 Å². The summed E-state index contributed by atoms with van der Waals surface area (Å²) < 4.78 is 40.3. The van der Waals surface area contributed by atoms with Crippen LogP contribution in [-0.2, 0) is 24.0 Å². The lowest BCUT2D eigenvalue weighted by atomic mass is 9.87. The SMILES string of the molecule is NCC1CCc2nc(CCOCC(F)(F)F)ncc2C1. The normalized spacial score (nSPS) is 18.9. The highest BCUT2D eigenvalue weighted by Gasteiger charge is 2.27. The molecule has 0 aromatic carbocycles. The van der Waals surface area contributed by atoms with Gasteiger partial charge in [0.05, 0.1) is 6.61 Å². The Labute approximate surface area is 115 Å². The third-order valence-electron chi connectivity index (χ3n) is 3.37. The van der Waals surface area contributed by atoms with Gasteiger partial charge in [-0.25, -0.2) is 9.97 Å². The van der Waals surface area contributed by atoms with Crippen LogP contribution >= 0.6 is 0 Å². The highest BCUT2D eigenvalue weighted by molar-refractivity contribution is 5.21. The van der Waals surface area contributed by atoms with Crippen molar-refractivity contribution in [2.75, 3.05) is 19.8 Å². The summed E-state index contributed by atoms with van der Waals surface area (Å²) in [6, 6.07) is 0. The van der Waals surface area contributed by atoms with E-state index in [9.17, 15) is 13.2 Å². The summed E-state index contributed by atoms with van der Waals surface area (Å²) in [4.78, 5) is 8.58. The van der Waals surface area contributed by atoms with Gasteiger partial charge in [-0.2, -0.15) is 13.2 Å². The molecule has 0 fully saturated rings. The number of nitrogens with zero attached hydrogens (tertiary/aromatic N) is 2. The van der Waals surface area contributed by atoms with Crippen molar-refractivity contribution in [1.29, 1.82) is 0 Å². The van der Waals surface area contributed by atoms with Gasteiger partial charge in [-0.1, -0.05) is 0 Å². The monoisotopic (exact) mass is 289 g/mol. The highest BCUT2D eigenvalue weighted by atomic mass is 19.4. The van der Waals surface area contributed by atoms with Crippen molar-refractivity contribution in [2.45, 2.75) is 31.9 Å². The summed E-state index contributed by atoms with van der Waals surface area (Å²) in [5, 5.41) is 0. The van der Waals surface area contributed by atoms with Gasteiger partial charge in [-0.05, 0) is 37.3 Å². The Bertz CT molecular complexity index is 451. The fraction of sp³-hybridized carbons (Fsp3) is 0.692. The Morgan fingerprint density at radius 1 is 1.40 bits per heavy atom. The van der Waals surface area contributed by atoms with Gasteiger partial charge in [0.2, 0.25) is 0 Å². The van der Waals surface area contributed by atoms with E-state index in [1.165, 1.54) is 0 Å². The maximum absolute atomic E-state index is 11.9. The van der Waals surface area contributed by atoms with E-state index >= 15 is 0 Å². The van der Waals surface area contributed by atoms with E-state index in [1.807, 2.05) is 0 Å². The zero-order valence-corrected chi connectivity index (χ0v) is 11.1. The fourth-order valence-electron chi connectivity index (χ4n) is 2.30. The van der Waals surface area contributed by atoms with Gasteiger partial charge >= 0.3 is 6.18 Å². The van der Waals surface area contributed by atoms with Crippen LogP contribution in [0.3, 0.4) is 0 Å². The van der Waals surface area contributed by atoms with Crippen LogP contribution in [0.2, 0.25) is 0 Å². The van der Waals surface area contributed by atoms with Gasteiger partial charge in [0, 0.05) is 18.3 Å². The van der Waals surface area contributed by atoms with E-state index < -0.39 is 12.8 Å². The van der Waals surface area contributed by atoms with E-state index in [2.05, 4.69) is 14.7 Å². The molecule has 0 spiro atoms. The maximum Gasteiger partial charge on any atom is 0.411 e. The lowest BCUT2D eigenvalue weighted by Crippen LogP contribution is -2.23. The van der Waals surface area contributed by atoms with Gasteiger partial charge in [-0.3, -0.25) is 0 Å². The Morgan fingerprint density at radius 2 is 2.20 bits per heavy atom. The number of alkyl halides is 3. The van der Waals surface area contributed by atoms with Crippen molar-refractivity contribution in [3.63, 3.8) is 0 Å². The van der Waals surface area contributed by atoms with Gasteiger partial charge < -0.3 is 10.5 Å². The number of aromatic nitrogens is 2. The number of ether oxygens (including phenoxy) is 1. The zero-order chi connectivity index (χ0) is 14.6. The summed E-state index contributed by atoms with van der Waals surface area (Å²) in [5.74, 6) is 1.02. The molecular formula is C13H18F3N3O. The number of fused-ring (bicyclic) bond motifs is 1. The topological polar surface area (TPSA) is 61.0 Å². The molecule has 20 heavy (non-hydrogen) atoms. The summed E-state index contributed by atoms with van der Waals surface area (Å²) in [5.41, 5.74) is 7.76. The minimum absolute atomic E-state index is 0.0241. The number of hydrogen-bond acceptors (Lipinski definition) is 4. The number of aryl methyl sites for hydroxylation is 1. The molecule has 0 radical (unpaired) electrons. The van der Waals surface area contributed by atoms with Crippen LogP contribution in [0.15, 0.2) is 6.20 Å². The molecule has 0 bridgehead atoms. The molecule has 112 valence electrons. The number of halogens is 3. The maximum atomic E-state index is 11.9. The lowest BCUT2D eigenvalue weighted by Gasteiger charge is -2.22. The van der Waals surface area contributed by atoms with Crippen molar-refractivity contribution < 1.29 is 17.9 Å². The molecule has 1 heterocycles. The molecule has 2 rings (SSSR count). The second-order valence-corrected chi connectivity index (χ2v) is 5.02. The van der Waals surface area contributed by atoms with E-state index in [-0.39, 0.29) is 6.61 Å². The first kappa shape index (κ1) is 15.2. The molecule has 4 nitrogen and oxygen atoms in total. The van der Waals surface area contributed by atoms with Crippen LogP contribution in [0.1, 0.15) is 23.5 Å². The van der Waals surface area contributed by atoms with Crippen molar-refractivity contribution in [2.24, 2.45) is 11.7 Å². The van der Waals surface area contributed by atoms with Crippen LogP contribution in [0.4, 0.5) is 13.2 Å². The molecule has 1 aromatic heterocycles. The van der Waals surface area contributed by atoms with Crippen LogP contribution < -0.4 is 5.73 Å². The van der Waals surface area contributed by atoms with E-state index in [1.54, 1.807) is 6.20 Å². The molecular weight excluding hydrogens is 271 g/mol. The molecule has 1 unspecified atom stereocenters. The average Bonchev–Trinajstić information content (AvgIpc) is 2.42. The third kappa shape index (κ3) is 4.42. The summed E-state index contributed by atoms with van der Waals surface area (Å²) in [6.07, 6.45) is 0.526. The molecule has 0 saturated heterocycles. The molecule has 1 aliphatic rings. The Balaban J connectivity index is 1.85. The second-order valence-electron chi connectivity index (χ2n) is 5.02. The number of hydrogen-bond donors (Lipinski definition) is 1. The molecule has 1 atom stereocenters. The quantitative estimate of drug-likeness (QED) is 0.838. The molecule has 0 aliphatic heterocycles. The second kappa shape index (κ2) is 6.49. The van der Waals surface area contributed by atoms with Gasteiger partial charge in [0.15, 0.2) is 0 Å². The number of rotatable bonds is 5. The van der Waals surface area contributed by atoms with Crippen LogP contribution in [-0.4, -0.2) is 35.9 Å². The highest BCUT2D eigenvalue weighted by Crippen LogP contribution is 2.23. The smallest absolute Gasteiger partial charge is 0.372 e. The van der Waals surface area contributed by atoms with Crippen LogP contribution in [0, 0.1) is 5.92 Å². The first-order valence-corrected chi connectivity index (χ1v) is 6.66. The fourth-order valence-corrected chi connectivity index (χ4v) is 2.30. The van der Waals surface area contributed by atoms with E-state index in [0.717, 1.165) is 30.5 Å². The molecule has 1 aliphatic carbocycles. The van der Waals surface area contributed by atoms with Gasteiger partial charge in [0.1, 0.15) is 12.4 Å². The Morgan fingerprint density at radius 3 is 2.90 bits per heavy atom. The summed E-state index contributed by atoms with van der Waals surface area (Å²) >= 11 is 0. The van der Waals surface area contributed by atoms with Gasteiger partial charge in [-0.15, -0.1) is 0 Å². The predicted octanol–water partition coefficient (Wildman–Crippen LogP) is 1.66. The van der Waals surface area contributed by atoms with Crippen LogP contribution in [0.5, 0.6) is 0 Å². The summed E-state index contributed by atoms with van der Waals surface area (Å²) in [7, 11) is 0. The molecule has 7 heteroatoms. The lowest BCUT2D eigenvalue weighted by molar-refractivity contribution is -0.173. The Hall–Kier alpha value is -1.21. The van der Waals surface area contributed by atoms with Gasteiger partial charge in [0.25, 0.3) is 0 Å². The largest absolute Gasteiger partial charge is 0.411 e. The molecule has 0 saturated carbocycles.